The molecule has 0 N–H and O–H groups in total. The lowest BCUT2D eigenvalue weighted by atomic mass is 9.95. The Morgan fingerprint density at radius 2 is 1.82 bits per heavy atom. The normalized spacial score (nSPS) is 18.9. The van der Waals surface area contributed by atoms with Crippen molar-refractivity contribution in [2.75, 3.05) is 0 Å². The van der Waals surface area contributed by atoms with Crippen LogP contribution in [0.25, 0.3) is 0 Å². The maximum absolute atomic E-state index is 12.2. The van der Waals surface area contributed by atoms with Crippen molar-refractivity contribution in [2.45, 2.75) is 84.7 Å². The maximum Gasteiger partial charge on any atom is 0.341 e. The molecule has 124 valence electrons. The fourth-order valence-electron chi connectivity index (χ4n) is 2.89. The first-order valence-corrected chi connectivity index (χ1v) is 8.61. The van der Waals surface area contributed by atoms with Gasteiger partial charge in [0.05, 0.1) is 0 Å². The van der Waals surface area contributed by atoms with E-state index < -0.39 is 5.97 Å². The van der Waals surface area contributed by atoms with Crippen molar-refractivity contribution in [3.05, 3.63) is 23.3 Å². The maximum atomic E-state index is 12.2. The van der Waals surface area contributed by atoms with Crippen LogP contribution in [-0.2, 0) is 14.3 Å². The van der Waals surface area contributed by atoms with E-state index in [1.165, 1.54) is 32.1 Å². The van der Waals surface area contributed by atoms with E-state index >= 15 is 0 Å². The summed E-state index contributed by atoms with van der Waals surface area (Å²) in [4.78, 5) is 24.0. The monoisotopic (exact) mass is 306 g/mol. The lowest BCUT2D eigenvalue weighted by Crippen LogP contribution is -2.27. The standard InChI is InChI=1S/C19H30O3/c1-4-5-6-7-8-9-10-11-12-13-17(20)18-15(2)14-16(3)22-19(18)21/h4-5,16H,6-14H2,1-3H3/b5-4+/t16-/m1/s1. The average molecular weight is 306 g/mol. The Hall–Kier alpha value is -1.38. The second-order valence-electron chi connectivity index (χ2n) is 6.23. The molecule has 1 rings (SSSR count). The largest absolute Gasteiger partial charge is 0.459 e. The molecule has 22 heavy (non-hydrogen) atoms. The van der Waals surface area contributed by atoms with Crippen LogP contribution in [0, 0.1) is 0 Å². The van der Waals surface area contributed by atoms with E-state index in [4.69, 9.17) is 4.74 Å². The van der Waals surface area contributed by atoms with Crippen LogP contribution in [0.1, 0.15) is 78.6 Å². The van der Waals surface area contributed by atoms with Gasteiger partial charge in [-0.05, 0) is 40.0 Å². The summed E-state index contributed by atoms with van der Waals surface area (Å²) in [5, 5.41) is 0. The molecular weight excluding hydrogens is 276 g/mol. The predicted octanol–water partition coefficient (Wildman–Crippen LogP) is 4.90. The highest BCUT2D eigenvalue weighted by Crippen LogP contribution is 2.23. The molecule has 0 aromatic rings. The summed E-state index contributed by atoms with van der Waals surface area (Å²) in [6.07, 6.45) is 13.4. The van der Waals surface area contributed by atoms with Crippen molar-refractivity contribution in [1.29, 1.82) is 0 Å². The smallest absolute Gasteiger partial charge is 0.341 e. The fourth-order valence-corrected chi connectivity index (χ4v) is 2.89. The van der Waals surface area contributed by atoms with Gasteiger partial charge in [0.15, 0.2) is 5.78 Å². The molecule has 0 spiro atoms. The third-order valence-corrected chi connectivity index (χ3v) is 4.07. The number of hydrogen-bond donors (Lipinski definition) is 0. The quantitative estimate of drug-likeness (QED) is 0.249. The molecule has 1 aliphatic heterocycles. The Morgan fingerprint density at radius 3 is 2.45 bits per heavy atom. The molecule has 1 atom stereocenters. The summed E-state index contributed by atoms with van der Waals surface area (Å²) in [6.45, 7) is 5.78. The summed E-state index contributed by atoms with van der Waals surface area (Å²) in [5.41, 5.74) is 1.20. The number of Topliss-reactive ketones (excluding diaryl/α,β-unsaturated/α-hetero) is 1. The van der Waals surface area contributed by atoms with E-state index in [-0.39, 0.29) is 11.9 Å². The van der Waals surface area contributed by atoms with Gasteiger partial charge in [-0.3, -0.25) is 4.79 Å². The van der Waals surface area contributed by atoms with Gasteiger partial charge in [-0.1, -0.05) is 43.4 Å². The third-order valence-electron chi connectivity index (χ3n) is 4.07. The first kappa shape index (κ1) is 18.7. The molecule has 0 aromatic heterocycles. The molecule has 1 heterocycles. The molecule has 0 saturated heterocycles. The van der Waals surface area contributed by atoms with Crippen LogP contribution < -0.4 is 0 Å². The first-order valence-electron chi connectivity index (χ1n) is 8.61. The number of esters is 1. The van der Waals surface area contributed by atoms with Gasteiger partial charge >= 0.3 is 5.97 Å². The Morgan fingerprint density at radius 1 is 1.18 bits per heavy atom. The highest BCUT2D eigenvalue weighted by molar-refractivity contribution is 6.18. The number of hydrogen-bond acceptors (Lipinski definition) is 3. The number of ketones is 1. The fraction of sp³-hybridized carbons (Fsp3) is 0.684. The van der Waals surface area contributed by atoms with E-state index in [9.17, 15) is 9.59 Å². The van der Waals surface area contributed by atoms with E-state index in [1.54, 1.807) is 0 Å². The zero-order valence-corrected chi connectivity index (χ0v) is 14.3. The summed E-state index contributed by atoms with van der Waals surface area (Å²) >= 11 is 0. The van der Waals surface area contributed by atoms with E-state index in [0.29, 0.717) is 18.4 Å². The molecule has 0 saturated carbocycles. The average Bonchev–Trinajstić information content (AvgIpc) is 2.44. The molecule has 3 heteroatoms. The summed E-state index contributed by atoms with van der Waals surface area (Å²) in [6, 6.07) is 0. The zero-order valence-electron chi connectivity index (χ0n) is 14.3. The molecule has 0 aromatic carbocycles. The van der Waals surface area contributed by atoms with Crippen molar-refractivity contribution in [2.24, 2.45) is 0 Å². The van der Waals surface area contributed by atoms with Crippen molar-refractivity contribution in [1.82, 2.24) is 0 Å². The van der Waals surface area contributed by atoms with Crippen LogP contribution in [0.5, 0.6) is 0 Å². The predicted molar refractivity (Wildman–Crippen MR) is 89.6 cm³/mol. The molecular formula is C19H30O3. The van der Waals surface area contributed by atoms with Crippen LogP contribution in [0.4, 0.5) is 0 Å². The van der Waals surface area contributed by atoms with Gasteiger partial charge in [0.1, 0.15) is 11.7 Å². The van der Waals surface area contributed by atoms with Crippen LogP contribution in [-0.4, -0.2) is 17.9 Å². The number of allylic oxidation sites excluding steroid dienone is 2. The van der Waals surface area contributed by atoms with Crippen LogP contribution in [0.15, 0.2) is 23.3 Å². The zero-order chi connectivity index (χ0) is 16.4. The summed E-state index contributed by atoms with van der Waals surface area (Å²) in [7, 11) is 0. The van der Waals surface area contributed by atoms with E-state index in [0.717, 1.165) is 18.4 Å². The molecule has 0 amide bonds. The number of cyclic esters (lactones) is 1. The van der Waals surface area contributed by atoms with Crippen molar-refractivity contribution in [3.63, 3.8) is 0 Å². The minimum Gasteiger partial charge on any atom is -0.459 e. The molecule has 0 fully saturated rings. The third kappa shape index (κ3) is 6.59. The molecule has 0 radical (unpaired) electrons. The summed E-state index contributed by atoms with van der Waals surface area (Å²) in [5.74, 6) is -0.465. The van der Waals surface area contributed by atoms with Crippen molar-refractivity contribution < 1.29 is 14.3 Å². The first-order chi connectivity index (χ1) is 10.6. The molecule has 3 nitrogen and oxygen atoms in total. The number of ether oxygens (including phenoxy) is 1. The molecule has 0 unspecified atom stereocenters. The second kappa shape index (κ2) is 10.4. The molecule has 0 bridgehead atoms. The summed E-state index contributed by atoms with van der Waals surface area (Å²) < 4.78 is 5.16. The van der Waals surface area contributed by atoms with E-state index in [1.807, 2.05) is 13.8 Å². The van der Waals surface area contributed by atoms with Gasteiger partial charge in [0.25, 0.3) is 0 Å². The minimum atomic E-state index is -0.426. The second-order valence-corrected chi connectivity index (χ2v) is 6.23. The van der Waals surface area contributed by atoms with Gasteiger partial charge < -0.3 is 4.74 Å². The van der Waals surface area contributed by atoms with Gasteiger partial charge in [-0.25, -0.2) is 4.79 Å². The number of rotatable bonds is 10. The highest BCUT2D eigenvalue weighted by atomic mass is 16.5. The van der Waals surface area contributed by atoms with Gasteiger partial charge in [-0.2, -0.15) is 0 Å². The Bertz CT molecular complexity index is 432. The Kier molecular flexibility index (Phi) is 8.79. The Labute approximate surface area is 134 Å². The minimum absolute atomic E-state index is 0.0394. The van der Waals surface area contributed by atoms with Crippen LogP contribution in [0.3, 0.4) is 0 Å². The lowest BCUT2D eigenvalue weighted by Gasteiger charge is -2.22. The Balaban J connectivity index is 2.18. The lowest BCUT2D eigenvalue weighted by molar-refractivity contribution is -0.146. The van der Waals surface area contributed by atoms with Gasteiger partial charge in [-0.15, -0.1) is 0 Å². The number of carbonyl (C=O) groups is 2. The SMILES string of the molecule is C/C=C/CCCCCCCCC(=O)C1=C(C)C[C@@H](C)OC1=O. The van der Waals surface area contributed by atoms with Crippen molar-refractivity contribution >= 4 is 11.8 Å². The van der Waals surface area contributed by atoms with Gasteiger partial charge in [0, 0.05) is 12.8 Å². The molecule has 1 aliphatic rings. The van der Waals surface area contributed by atoms with E-state index in [2.05, 4.69) is 19.1 Å². The topological polar surface area (TPSA) is 43.4 Å². The highest BCUT2D eigenvalue weighted by Gasteiger charge is 2.28. The molecule has 0 aliphatic carbocycles. The van der Waals surface area contributed by atoms with Crippen LogP contribution >= 0.6 is 0 Å². The van der Waals surface area contributed by atoms with Gasteiger partial charge in [0.2, 0.25) is 0 Å². The number of unbranched alkanes of at least 4 members (excludes halogenated alkanes) is 6. The van der Waals surface area contributed by atoms with Crippen LogP contribution in [0.2, 0.25) is 0 Å². The number of carbonyl (C=O) groups excluding carboxylic acids is 2. The van der Waals surface area contributed by atoms with Crippen molar-refractivity contribution in [3.8, 4) is 0 Å².